The maximum absolute atomic E-state index is 12.8. The Kier molecular flexibility index (Phi) is 4.71. The van der Waals surface area contributed by atoms with Gasteiger partial charge in [0.2, 0.25) is 5.91 Å². The fourth-order valence-electron chi connectivity index (χ4n) is 2.89. The second kappa shape index (κ2) is 6.93. The van der Waals surface area contributed by atoms with Crippen LogP contribution in [0.2, 0.25) is 5.02 Å². The van der Waals surface area contributed by atoms with E-state index in [-0.39, 0.29) is 11.9 Å². The topological polar surface area (TPSA) is 61.4 Å². The summed E-state index contributed by atoms with van der Waals surface area (Å²) in [6, 6.07) is 13.6. The largest absolute Gasteiger partial charge is 0.355 e. The summed E-state index contributed by atoms with van der Waals surface area (Å²) < 4.78 is 0. The van der Waals surface area contributed by atoms with Crippen LogP contribution in [0.4, 0.5) is 16.2 Å². The molecular weight excluding hydrogens is 326 g/mol. The maximum Gasteiger partial charge on any atom is 0.327 e. The molecule has 0 saturated heterocycles. The van der Waals surface area contributed by atoms with Crippen LogP contribution < -0.4 is 15.5 Å². The van der Waals surface area contributed by atoms with E-state index >= 15 is 0 Å². The first kappa shape index (κ1) is 16.3. The van der Waals surface area contributed by atoms with Crippen molar-refractivity contribution in [3.8, 4) is 0 Å². The number of nitrogens with zero attached hydrogens (tertiary/aromatic N) is 1. The molecule has 1 aliphatic rings. The molecule has 0 unspecified atom stereocenters. The van der Waals surface area contributed by atoms with Gasteiger partial charge in [0.05, 0.1) is 0 Å². The Balaban J connectivity index is 1.89. The number of benzene rings is 2. The lowest BCUT2D eigenvalue weighted by atomic mass is 10.1. The van der Waals surface area contributed by atoms with Crippen molar-refractivity contribution in [3.63, 3.8) is 0 Å². The number of para-hydroxylation sites is 1. The number of carbonyl (C=O) groups excluding carboxylic acids is 2. The fourth-order valence-corrected chi connectivity index (χ4v) is 3.08. The first-order chi connectivity index (χ1) is 11.6. The van der Waals surface area contributed by atoms with Crippen LogP contribution >= 0.6 is 11.6 Å². The Morgan fingerprint density at radius 2 is 2.00 bits per heavy atom. The van der Waals surface area contributed by atoms with E-state index < -0.39 is 6.04 Å². The smallest absolute Gasteiger partial charge is 0.327 e. The van der Waals surface area contributed by atoms with Crippen molar-refractivity contribution in [1.29, 1.82) is 0 Å². The molecule has 0 bridgehead atoms. The Bertz CT molecular complexity index is 778. The SMILES string of the molecule is CCNC(=O)[C@@H]1Cc2ccccc2N1C(=O)Nc1cccc(Cl)c1. The molecule has 2 aromatic rings. The van der Waals surface area contributed by atoms with E-state index in [1.165, 1.54) is 4.90 Å². The number of anilines is 2. The highest BCUT2D eigenvalue weighted by Crippen LogP contribution is 2.32. The van der Waals surface area contributed by atoms with Gasteiger partial charge in [0.25, 0.3) is 0 Å². The third-order valence-corrected chi connectivity index (χ3v) is 4.16. The molecule has 0 spiro atoms. The number of halogens is 1. The first-order valence-electron chi connectivity index (χ1n) is 7.81. The van der Waals surface area contributed by atoms with Gasteiger partial charge in [-0.15, -0.1) is 0 Å². The van der Waals surface area contributed by atoms with Gasteiger partial charge in [0.1, 0.15) is 6.04 Å². The Morgan fingerprint density at radius 3 is 2.75 bits per heavy atom. The van der Waals surface area contributed by atoms with Gasteiger partial charge in [-0.05, 0) is 36.8 Å². The third-order valence-electron chi connectivity index (χ3n) is 3.92. The normalized spacial score (nSPS) is 15.8. The monoisotopic (exact) mass is 343 g/mol. The van der Waals surface area contributed by atoms with Gasteiger partial charge in [-0.2, -0.15) is 0 Å². The molecule has 6 heteroatoms. The first-order valence-corrected chi connectivity index (χ1v) is 8.19. The summed E-state index contributed by atoms with van der Waals surface area (Å²) in [5.74, 6) is -0.157. The van der Waals surface area contributed by atoms with Crippen LogP contribution in [-0.2, 0) is 11.2 Å². The second-order valence-corrected chi connectivity index (χ2v) is 5.99. The van der Waals surface area contributed by atoms with E-state index in [0.717, 1.165) is 11.3 Å². The van der Waals surface area contributed by atoms with Crippen LogP contribution in [0.25, 0.3) is 0 Å². The van der Waals surface area contributed by atoms with Gasteiger partial charge in [-0.3, -0.25) is 9.69 Å². The summed E-state index contributed by atoms with van der Waals surface area (Å²) in [7, 11) is 0. The zero-order valence-electron chi connectivity index (χ0n) is 13.3. The van der Waals surface area contributed by atoms with Crippen LogP contribution in [-0.4, -0.2) is 24.5 Å². The minimum absolute atomic E-state index is 0.157. The van der Waals surface area contributed by atoms with Crippen molar-refractivity contribution in [3.05, 3.63) is 59.1 Å². The average molecular weight is 344 g/mol. The summed E-state index contributed by atoms with van der Waals surface area (Å²) in [6.07, 6.45) is 0.505. The van der Waals surface area contributed by atoms with Gasteiger partial charge in [0.15, 0.2) is 0 Å². The Labute approximate surface area is 145 Å². The molecule has 0 saturated carbocycles. The minimum atomic E-state index is -0.554. The molecule has 24 heavy (non-hydrogen) atoms. The molecule has 1 heterocycles. The summed E-state index contributed by atoms with van der Waals surface area (Å²) in [4.78, 5) is 26.7. The van der Waals surface area contributed by atoms with E-state index in [1.54, 1.807) is 24.3 Å². The van der Waals surface area contributed by atoms with Crippen molar-refractivity contribution in [2.45, 2.75) is 19.4 Å². The molecule has 1 atom stereocenters. The van der Waals surface area contributed by atoms with Crippen LogP contribution in [0, 0.1) is 0 Å². The fraction of sp³-hybridized carbons (Fsp3) is 0.222. The van der Waals surface area contributed by atoms with E-state index in [9.17, 15) is 9.59 Å². The van der Waals surface area contributed by atoms with E-state index in [0.29, 0.717) is 23.7 Å². The Hall–Kier alpha value is -2.53. The number of carbonyl (C=O) groups is 2. The lowest BCUT2D eigenvalue weighted by Crippen LogP contribution is -2.49. The standard InChI is InChI=1S/C18H18ClN3O2/c1-2-20-17(23)16-10-12-6-3-4-9-15(12)22(16)18(24)21-14-8-5-7-13(19)11-14/h3-9,11,16H,2,10H2,1H3,(H,20,23)(H,21,24)/t16-/m0/s1. The highest BCUT2D eigenvalue weighted by atomic mass is 35.5. The molecular formula is C18H18ClN3O2. The van der Waals surface area contributed by atoms with Crippen LogP contribution in [0.5, 0.6) is 0 Å². The number of hydrogen-bond acceptors (Lipinski definition) is 2. The molecule has 124 valence electrons. The number of urea groups is 1. The molecule has 5 nitrogen and oxygen atoms in total. The zero-order chi connectivity index (χ0) is 17.1. The van der Waals surface area contributed by atoms with Crippen molar-refractivity contribution < 1.29 is 9.59 Å². The van der Waals surface area contributed by atoms with Gasteiger partial charge >= 0.3 is 6.03 Å². The van der Waals surface area contributed by atoms with Crippen molar-refractivity contribution >= 4 is 34.9 Å². The quantitative estimate of drug-likeness (QED) is 0.896. The lowest BCUT2D eigenvalue weighted by molar-refractivity contribution is -0.122. The minimum Gasteiger partial charge on any atom is -0.355 e. The predicted octanol–water partition coefficient (Wildman–Crippen LogP) is 3.44. The van der Waals surface area contributed by atoms with Crippen molar-refractivity contribution in [1.82, 2.24) is 5.32 Å². The number of fused-ring (bicyclic) bond motifs is 1. The third kappa shape index (κ3) is 3.21. The maximum atomic E-state index is 12.8. The van der Waals surface area contributed by atoms with E-state index in [1.807, 2.05) is 31.2 Å². The number of hydrogen-bond donors (Lipinski definition) is 2. The van der Waals surface area contributed by atoms with Crippen molar-refractivity contribution in [2.24, 2.45) is 0 Å². The number of rotatable bonds is 3. The predicted molar refractivity (Wildman–Crippen MR) is 95.6 cm³/mol. The molecule has 1 aliphatic heterocycles. The number of likely N-dealkylation sites (N-methyl/N-ethyl adjacent to an activating group) is 1. The van der Waals surface area contributed by atoms with E-state index in [4.69, 9.17) is 11.6 Å². The molecule has 0 fully saturated rings. The second-order valence-electron chi connectivity index (χ2n) is 5.55. The van der Waals surface area contributed by atoms with Gasteiger partial charge in [0, 0.05) is 29.4 Å². The molecule has 0 aliphatic carbocycles. The van der Waals surface area contributed by atoms with Gasteiger partial charge in [-0.25, -0.2) is 4.79 Å². The van der Waals surface area contributed by atoms with Gasteiger partial charge in [-0.1, -0.05) is 35.9 Å². The highest BCUT2D eigenvalue weighted by molar-refractivity contribution is 6.31. The zero-order valence-corrected chi connectivity index (χ0v) is 14.0. The highest BCUT2D eigenvalue weighted by Gasteiger charge is 2.38. The molecule has 0 aromatic heterocycles. The summed E-state index contributed by atoms with van der Waals surface area (Å²) in [6.45, 7) is 2.38. The summed E-state index contributed by atoms with van der Waals surface area (Å²) in [5.41, 5.74) is 2.33. The molecule has 3 rings (SSSR count). The van der Waals surface area contributed by atoms with Crippen LogP contribution in [0.3, 0.4) is 0 Å². The van der Waals surface area contributed by atoms with Gasteiger partial charge < -0.3 is 10.6 Å². The number of amides is 3. The lowest BCUT2D eigenvalue weighted by Gasteiger charge is -2.25. The number of nitrogens with one attached hydrogen (secondary N) is 2. The summed E-state index contributed by atoms with van der Waals surface area (Å²) in [5, 5.41) is 6.15. The average Bonchev–Trinajstić information content (AvgIpc) is 2.94. The Morgan fingerprint density at radius 1 is 1.21 bits per heavy atom. The van der Waals surface area contributed by atoms with Crippen LogP contribution in [0.1, 0.15) is 12.5 Å². The molecule has 2 aromatic carbocycles. The summed E-state index contributed by atoms with van der Waals surface area (Å²) >= 11 is 5.96. The molecule has 2 N–H and O–H groups in total. The molecule has 3 amide bonds. The van der Waals surface area contributed by atoms with E-state index in [2.05, 4.69) is 10.6 Å². The van der Waals surface area contributed by atoms with Crippen molar-refractivity contribution in [2.75, 3.05) is 16.8 Å². The van der Waals surface area contributed by atoms with Crippen LogP contribution in [0.15, 0.2) is 48.5 Å². The molecule has 0 radical (unpaired) electrons.